The zero-order valence-corrected chi connectivity index (χ0v) is 20.2. The molecule has 0 spiro atoms. The van der Waals surface area contributed by atoms with Crippen molar-refractivity contribution in [2.75, 3.05) is 31.1 Å². The molecule has 2 N–H and O–H groups in total. The van der Waals surface area contributed by atoms with Crippen LogP contribution in [0.15, 0.2) is 53.7 Å². The number of ether oxygens (including phenoxy) is 1. The molecule has 2 heterocycles. The molecule has 0 aliphatic heterocycles. The normalized spacial score (nSPS) is 11.9. The van der Waals surface area contributed by atoms with Gasteiger partial charge in [0.15, 0.2) is 9.84 Å². The molecule has 0 saturated heterocycles. The van der Waals surface area contributed by atoms with Crippen molar-refractivity contribution in [3.05, 3.63) is 48.8 Å². The van der Waals surface area contributed by atoms with Gasteiger partial charge in [0, 0.05) is 6.07 Å². The van der Waals surface area contributed by atoms with Crippen molar-refractivity contribution in [2.24, 2.45) is 0 Å². The number of methoxy groups -OCH3 is 1. The highest BCUT2D eigenvalue weighted by molar-refractivity contribution is 7.92. The third-order valence-electron chi connectivity index (χ3n) is 4.60. The van der Waals surface area contributed by atoms with E-state index in [0.29, 0.717) is 28.4 Å². The molecular formula is C21H26N5O4PS. The first kappa shape index (κ1) is 23.7. The molecule has 0 aliphatic rings. The van der Waals surface area contributed by atoms with Crippen molar-refractivity contribution in [3.8, 4) is 5.88 Å². The smallest absolute Gasteiger partial charge is 0.238 e. The molecule has 0 radical (unpaired) electrons. The second-order valence-corrected chi connectivity index (χ2v) is 13.3. The van der Waals surface area contributed by atoms with Crippen LogP contribution < -0.4 is 20.8 Å². The van der Waals surface area contributed by atoms with Crippen LogP contribution in [0.5, 0.6) is 5.88 Å². The average Bonchev–Trinajstić information content (AvgIpc) is 2.73. The van der Waals surface area contributed by atoms with E-state index in [2.05, 4.69) is 25.6 Å². The van der Waals surface area contributed by atoms with Gasteiger partial charge in [0.05, 0.1) is 22.9 Å². The van der Waals surface area contributed by atoms with E-state index in [9.17, 15) is 13.0 Å². The maximum Gasteiger partial charge on any atom is 0.238 e. The molecule has 2 aromatic heterocycles. The van der Waals surface area contributed by atoms with Crippen LogP contribution in [0, 0.1) is 0 Å². The molecule has 0 atom stereocenters. The fraction of sp³-hybridized carbons (Fsp3) is 0.286. The fourth-order valence-corrected chi connectivity index (χ4v) is 4.79. The summed E-state index contributed by atoms with van der Waals surface area (Å²) in [6.07, 6.45) is 1.35. The molecule has 3 aromatic rings. The molecular weight excluding hydrogens is 449 g/mol. The third kappa shape index (κ3) is 5.26. The summed E-state index contributed by atoms with van der Waals surface area (Å²) < 4.78 is 43.0. The third-order valence-corrected chi connectivity index (χ3v) is 8.16. The summed E-state index contributed by atoms with van der Waals surface area (Å²) in [4.78, 5) is 12.9. The van der Waals surface area contributed by atoms with Gasteiger partial charge in [0.2, 0.25) is 5.88 Å². The number of para-hydroxylation sites is 1. The highest BCUT2D eigenvalue weighted by Gasteiger charge is 2.22. The van der Waals surface area contributed by atoms with Gasteiger partial charge in [-0.15, -0.1) is 0 Å². The number of nitrogens with one attached hydrogen (secondary N) is 2. The standard InChI is InChI=1S/C21H26N5O4PS/c1-14(2)32(28,29)17-9-7-6-8-15(17)24-18-12-19(23-13-22-18)25-16-10-11-20(31(4,5)27)26-21(16)30-3/h6-14H,1-5H3,(H2,22,23,24,25). The second-order valence-electron chi connectivity index (χ2n) is 7.71. The van der Waals surface area contributed by atoms with E-state index in [1.54, 1.807) is 69.6 Å². The summed E-state index contributed by atoms with van der Waals surface area (Å²) in [7, 11) is -4.54. The van der Waals surface area contributed by atoms with Crippen LogP contribution in [0.3, 0.4) is 0 Å². The Morgan fingerprint density at radius 2 is 1.59 bits per heavy atom. The lowest BCUT2D eigenvalue weighted by Gasteiger charge is -2.15. The van der Waals surface area contributed by atoms with Crippen LogP contribution in [-0.2, 0) is 14.4 Å². The quantitative estimate of drug-likeness (QED) is 0.468. The summed E-state index contributed by atoms with van der Waals surface area (Å²) >= 11 is 0. The van der Waals surface area contributed by atoms with Crippen molar-refractivity contribution in [1.29, 1.82) is 0 Å². The summed E-state index contributed by atoms with van der Waals surface area (Å²) in [5, 5.41) is 5.61. The van der Waals surface area contributed by atoms with Crippen molar-refractivity contribution in [3.63, 3.8) is 0 Å². The first-order chi connectivity index (χ1) is 15.0. The molecule has 170 valence electrons. The van der Waals surface area contributed by atoms with Crippen LogP contribution in [0.1, 0.15) is 13.8 Å². The second kappa shape index (κ2) is 9.26. The molecule has 0 saturated carbocycles. The number of nitrogens with zero attached hydrogens (tertiary/aromatic N) is 3. The number of anilines is 4. The lowest BCUT2D eigenvalue weighted by Crippen LogP contribution is -2.15. The average molecular weight is 476 g/mol. The Labute approximate surface area is 188 Å². The van der Waals surface area contributed by atoms with E-state index in [1.807, 2.05) is 0 Å². The zero-order valence-electron chi connectivity index (χ0n) is 18.5. The minimum Gasteiger partial charge on any atom is -0.479 e. The van der Waals surface area contributed by atoms with Gasteiger partial charge in [-0.2, -0.15) is 0 Å². The van der Waals surface area contributed by atoms with Crippen molar-refractivity contribution < 1.29 is 17.7 Å². The summed E-state index contributed by atoms with van der Waals surface area (Å²) in [5.74, 6) is 1.13. The van der Waals surface area contributed by atoms with E-state index in [-0.39, 0.29) is 10.8 Å². The minimum absolute atomic E-state index is 0.202. The first-order valence-corrected chi connectivity index (χ1v) is 14.0. The summed E-state index contributed by atoms with van der Waals surface area (Å²) in [6, 6.07) is 11.7. The maximum atomic E-state index is 12.7. The topological polar surface area (TPSA) is 123 Å². The van der Waals surface area contributed by atoms with E-state index in [0.717, 1.165) is 0 Å². The molecule has 32 heavy (non-hydrogen) atoms. The molecule has 1 aromatic carbocycles. The van der Waals surface area contributed by atoms with Crippen molar-refractivity contribution in [1.82, 2.24) is 15.0 Å². The molecule has 0 aliphatic carbocycles. The van der Waals surface area contributed by atoms with Crippen molar-refractivity contribution >= 4 is 45.4 Å². The molecule has 11 heteroatoms. The van der Waals surface area contributed by atoms with E-state index in [1.165, 1.54) is 13.4 Å². The molecule has 0 fully saturated rings. The molecule has 0 bridgehead atoms. The van der Waals surface area contributed by atoms with Gasteiger partial charge in [-0.1, -0.05) is 12.1 Å². The lowest BCUT2D eigenvalue weighted by atomic mass is 10.3. The Morgan fingerprint density at radius 3 is 2.19 bits per heavy atom. The van der Waals surface area contributed by atoms with E-state index < -0.39 is 22.2 Å². The van der Waals surface area contributed by atoms with Gasteiger partial charge in [0.25, 0.3) is 0 Å². The molecule has 3 rings (SSSR count). The summed E-state index contributed by atoms with van der Waals surface area (Å²) in [5.41, 5.74) is 1.43. The van der Waals surface area contributed by atoms with Crippen LogP contribution in [0.25, 0.3) is 0 Å². The number of hydrogen-bond acceptors (Lipinski definition) is 9. The Morgan fingerprint density at radius 1 is 0.969 bits per heavy atom. The largest absolute Gasteiger partial charge is 0.479 e. The molecule has 0 amide bonds. The van der Waals surface area contributed by atoms with Crippen molar-refractivity contribution in [2.45, 2.75) is 24.0 Å². The predicted molar refractivity (Wildman–Crippen MR) is 127 cm³/mol. The zero-order chi connectivity index (χ0) is 23.5. The monoisotopic (exact) mass is 475 g/mol. The Bertz CT molecular complexity index is 1270. The predicted octanol–water partition coefficient (Wildman–Crippen LogP) is 3.80. The van der Waals surface area contributed by atoms with Gasteiger partial charge in [0.1, 0.15) is 36.2 Å². The molecule has 0 unspecified atom stereocenters. The number of pyridine rings is 1. The van der Waals surface area contributed by atoms with Crippen LogP contribution in [-0.4, -0.2) is 49.1 Å². The van der Waals surface area contributed by atoms with Crippen LogP contribution >= 0.6 is 7.14 Å². The summed E-state index contributed by atoms with van der Waals surface area (Å²) in [6.45, 7) is 6.56. The maximum absolute atomic E-state index is 12.7. The Balaban J connectivity index is 1.89. The van der Waals surface area contributed by atoms with Gasteiger partial charge in [-0.05, 0) is 51.4 Å². The van der Waals surface area contributed by atoms with Gasteiger partial charge in [-0.25, -0.2) is 23.4 Å². The molecule has 9 nitrogen and oxygen atoms in total. The van der Waals surface area contributed by atoms with Crippen LogP contribution in [0.2, 0.25) is 0 Å². The highest BCUT2D eigenvalue weighted by atomic mass is 32.2. The van der Waals surface area contributed by atoms with E-state index >= 15 is 0 Å². The SMILES string of the molecule is COc1nc(P(C)(C)=O)ccc1Nc1cc(Nc2ccccc2S(=O)(=O)C(C)C)ncn1. The van der Waals surface area contributed by atoms with Gasteiger partial charge >= 0.3 is 0 Å². The fourth-order valence-electron chi connectivity index (χ4n) is 2.82. The van der Waals surface area contributed by atoms with Gasteiger partial charge in [-0.3, -0.25) is 0 Å². The number of benzene rings is 1. The lowest BCUT2D eigenvalue weighted by molar-refractivity contribution is 0.401. The Kier molecular flexibility index (Phi) is 6.85. The Hall–Kier alpha value is -2.97. The van der Waals surface area contributed by atoms with E-state index in [4.69, 9.17) is 4.74 Å². The highest BCUT2D eigenvalue weighted by Crippen LogP contribution is 2.36. The van der Waals surface area contributed by atoms with Crippen LogP contribution in [0.4, 0.5) is 23.0 Å². The number of sulfone groups is 1. The van der Waals surface area contributed by atoms with Gasteiger partial charge < -0.3 is 19.9 Å². The first-order valence-electron chi connectivity index (χ1n) is 9.82. The minimum atomic E-state index is -3.48. The number of hydrogen-bond donors (Lipinski definition) is 2. The number of aromatic nitrogens is 3. The number of rotatable bonds is 8.